The number of methoxy groups -OCH3 is 1. The van der Waals surface area contributed by atoms with Gasteiger partial charge in [0.1, 0.15) is 12.7 Å². The molecule has 6 heteroatoms. The van der Waals surface area contributed by atoms with E-state index in [1.54, 1.807) is 13.3 Å². The molecule has 0 amide bonds. The molecule has 0 bridgehead atoms. The van der Waals surface area contributed by atoms with Crippen molar-refractivity contribution in [2.45, 2.75) is 39.1 Å². The highest BCUT2D eigenvalue weighted by Crippen LogP contribution is 2.28. The van der Waals surface area contributed by atoms with Crippen LogP contribution in [-0.2, 0) is 13.1 Å². The minimum Gasteiger partial charge on any atom is -0.493 e. The Hall–Kier alpha value is -2.15. The van der Waals surface area contributed by atoms with Crippen LogP contribution in [0.1, 0.15) is 25.0 Å². The lowest BCUT2D eigenvalue weighted by molar-refractivity contribution is 0.0668. The Balaban J connectivity index is 1.85. The Morgan fingerprint density at radius 2 is 1.93 bits per heavy atom. The fourth-order valence-electron chi connectivity index (χ4n) is 2.58. The summed E-state index contributed by atoms with van der Waals surface area (Å²) in [4.78, 5) is 6.20. The summed E-state index contributed by atoms with van der Waals surface area (Å²) in [6, 6.07) is 10.2. The molecule has 27 heavy (non-hydrogen) atoms. The SMILES string of the molecule is COc1cc(CNCc2cccnc2)ccc1OC[C@@H](O)CN(C)C(C)C. The summed E-state index contributed by atoms with van der Waals surface area (Å²) >= 11 is 0. The van der Waals surface area contributed by atoms with E-state index < -0.39 is 6.10 Å². The molecule has 0 aliphatic carbocycles. The minimum atomic E-state index is -0.553. The number of nitrogens with one attached hydrogen (secondary N) is 1. The van der Waals surface area contributed by atoms with E-state index in [2.05, 4.69) is 29.0 Å². The van der Waals surface area contributed by atoms with Gasteiger partial charge in [0, 0.05) is 38.1 Å². The topological polar surface area (TPSA) is 66.8 Å². The van der Waals surface area contributed by atoms with Gasteiger partial charge in [0.15, 0.2) is 11.5 Å². The summed E-state index contributed by atoms with van der Waals surface area (Å²) in [6.07, 6.45) is 3.07. The highest BCUT2D eigenvalue weighted by atomic mass is 16.5. The van der Waals surface area contributed by atoms with Gasteiger partial charge in [-0.2, -0.15) is 0 Å². The van der Waals surface area contributed by atoms with Crippen molar-refractivity contribution in [3.63, 3.8) is 0 Å². The Morgan fingerprint density at radius 3 is 2.59 bits per heavy atom. The number of hydrogen-bond acceptors (Lipinski definition) is 6. The monoisotopic (exact) mass is 373 g/mol. The summed E-state index contributed by atoms with van der Waals surface area (Å²) in [5, 5.41) is 13.5. The van der Waals surface area contributed by atoms with Gasteiger partial charge in [0.25, 0.3) is 0 Å². The molecular formula is C21H31N3O3. The van der Waals surface area contributed by atoms with Gasteiger partial charge in [-0.3, -0.25) is 4.98 Å². The summed E-state index contributed by atoms with van der Waals surface area (Å²) in [6.45, 7) is 6.45. The maximum Gasteiger partial charge on any atom is 0.161 e. The van der Waals surface area contributed by atoms with Crippen molar-refractivity contribution >= 4 is 0 Å². The van der Waals surface area contributed by atoms with E-state index in [0.717, 1.165) is 17.7 Å². The molecule has 0 fully saturated rings. The molecule has 2 aromatic rings. The normalized spacial score (nSPS) is 12.4. The second kappa shape index (κ2) is 10.9. The van der Waals surface area contributed by atoms with Gasteiger partial charge in [-0.25, -0.2) is 0 Å². The van der Waals surface area contributed by atoms with E-state index in [1.165, 1.54) is 0 Å². The first-order valence-electron chi connectivity index (χ1n) is 9.27. The lowest BCUT2D eigenvalue weighted by Gasteiger charge is -2.24. The fourth-order valence-corrected chi connectivity index (χ4v) is 2.58. The molecule has 1 aromatic heterocycles. The molecule has 1 aromatic carbocycles. The standard InChI is InChI=1S/C21H31N3O3/c1-16(2)24(3)14-19(25)15-27-20-8-7-17(10-21(20)26-4)11-23-13-18-6-5-9-22-12-18/h5-10,12,16,19,23,25H,11,13-15H2,1-4H3/t19-/m0/s1. The molecule has 0 unspecified atom stereocenters. The average Bonchev–Trinajstić information content (AvgIpc) is 2.67. The molecule has 0 aliphatic heterocycles. The molecule has 0 radical (unpaired) electrons. The van der Waals surface area contributed by atoms with Crippen LogP contribution < -0.4 is 14.8 Å². The van der Waals surface area contributed by atoms with Crippen molar-refractivity contribution in [1.82, 2.24) is 15.2 Å². The van der Waals surface area contributed by atoms with Crippen molar-refractivity contribution in [2.75, 3.05) is 27.3 Å². The van der Waals surface area contributed by atoms with Gasteiger partial charge in [-0.05, 0) is 50.2 Å². The predicted octanol–water partition coefficient (Wildman–Crippen LogP) is 2.46. The number of nitrogens with zero attached hydrogens (tertiary/aromatic N) is 2. The van der Waals surface area contributed by atoms with Gasteiger partial charge in [-0.1, -0.05) is 12.1 Å². The highest BCUT2D eigenvalue weighted by Gasteiger charge is 2.13. The maximum atomic E-state index is 10.1. The first-order chi connectivity index (χ1) is 13.0. The Bertz CT molecular complexity index is 680. The second-order valence-corrected chi connectivity index (χ2v) is 6.95. The molecule has 1 atom stereocenters. The fraction of sp³-hybridized carbons (Fsp3) is 0.476. The largest absolute Gasteiger partial charge is 0.493 e. The number of hydrogen-bond donors (Lipinski definition) is 2. The van der Waals surface area contributed by atoms with Crippen LogP contribution in [0.15, 0.2) is 42.7 Å². The Kier molecular flexibility index (Phi) is 8.51. The third-order valence-corrected chi connectivity index (χ3v) is 4.42. The molecule has 2 N–H and O–H groups in total. The Morgan fingerprint density at radius 1 is 1.15 bits per heavy atom. The molecule has 1 heterocycles. The number of aliphatic hydroxyl groups excluding tert-OH is 1. The third kappa shape index (κ3) is 7.17. The predicted molar refractivity (Wildman–Crippen MR) is 107 cm³/mol. The van der Waals surface area contributed by atoms with Crippen LogP contribution in [-0.4, -0.2) is 54.4 Å². The first-order valence-corrected chi connectivity index (χ1v) is 9.27. The summed E-state index contributed by atoms with van der Waals surface area (Å²) in [7, 11) is 3.61. The number of benzene rings is 1. The van der Waals surface area contributed by atoms with E-state index in [-0.39, 0.29) is 6.61 Å². The average molecular weight is 373 g/mol. The van der Waals surface area contributed by atoms with Crippen LogP contribution >= 0.6 is 0 Å². The molecular weight excluding hydrogens is 342 g/mol. The number of likely N-dealkylation sites (N-methyl/N-ethyl adjacent to an activating group) is 1. The van der Waals surface area contributed by atoms with E-state index in [4.69, 9.17) is 9.47 Å². The molecule has 0 saturated heterocycles. The smallest absolute Gasteiger partial charge is 0.161 e. The third-order valence-electron chi connectivity index (χ3n) is 4.42. The molecule has 6 nitrogen and oxygen atoms in total. The van der Waals surface area contributed by atoms with Gasteiger partial charge in [0.05, 0.1) is 7.11 Å². The van der Waals surface area contributed by atoms with Crippen molar-refractivity contribution in [1.29, 1.82) is 0 Å². The molecule has 2 rings (SSSR count). The molecule has 0 aliphatic rings. The summed E-state index contributed by atoms with van der Waals surface area (Å²) in [5.74, 6) is 1.31. The second-order valence-electron chi connectivity index (χ2n) is 6.95. The quantitative estimate of drug-likeness (QED) is 0.631. The van der Waals surface area contributed by atoms with Crippen LogP contribution in [0.4, 0.5) is 0 Å². The van der Waals surface area contributed by atoms with E-state index >= 15 is 0 Å². The molecule has 0 spiro atoms. The van der Waals surface area contributed by atoms with Crippen LogP contribution in [0.3, 0.4) is 0 Å². The number of aromatic nitrogens is 1. The van der Waals surface area contributed by atoms with E-state index in [1.807, 2.05) is 43.6 Å². The first kappa shape index (κ1) is 21.2. The Labute approximate surface area is 162 Å². The zero-order valence-electron chi connectivity index (χ0n) is 16.7. The zero-order chi connectivity index (χ0) is 19.6. The van der Waals surface area contributed by atoms with Crippen molar-refractivity contribution < 1.29 is 14.6 Å². The van der Waals surface area contributed by atoms with Crippen molar-refractivity contribution in [3.8, 4) is 11.5 Å². The van der Waals surface area contributed by atoms with Crippen LogP contribution in [0.2, 0.25) is 0 Å². The van der Waals surface area contributed by atoms with E-state index in [0.29, 0.717) is 30.6 Å². The number of ether oxygens (including phenoxy) is 2. The zero-order valence-corrected chi connectivity index (χ0v) is 16.7. The van der Waals surface area contributed by atoms with Crippen LogP contribution in [0, 0.1) is 0 Å². The minimum absolute atomic E-state index is 0.228. The molecule has 148 valence electrons. The number of aliphatic hydroxyl groups is 1. The number of pyridine rings is 1. The number of rotatable bonds is 11. The van der Waals surface area contributed by atoms with Crippen molar-refractivity contribution in [3.05, 3.63) is 53.9 Å². The van der Waals surface area contributed by atoms with Gasteiger partial charge >= 0.3 is 0 Å². The van der Waals surface area contributed by atoms with Gasteiger partial charge < -0.3 is 24.8 Å². The molecule has 0 saturated carbocycles. The summed E-state index contributed by atoms with van der Waals surface area (Å²) in [5.41, 5.74) is 2.24. The highest BCUT2D eigenvalue weighted by molar-refractivity contribution is 5.43. The van der Waals surface area contributed by atoms with Crippen LogP contribution in [0.5, 0.6) is 11.5 Å². The lowest BCUT2D eigenvalue weighted by atomic mass is 10.2. The lowest BCUT2D eigenvalue weighted by Crippen LogP contribution is -2.36. The van der Waals surface area contributed by atoms with Crippen LogP contribution in [0.25, 0.3) is 0 Å². The van der Waals surface area contributed by atoms with Gasteiger partial charge in [-0.15, -0.1) is 0 Å². The van der Waals surface area contributed by atoms with Gasteiger partial charge in [0.2, 0.25) is 0 Å². The maximum absolute atomic E-state index is 10.1. The summed E-state index contributed by atoms with van der Waals surface area (Å²) < 4.78 is 11.2. The van der Waals surface area contributed by atoms with Crippen molar-refractivity contribution in [2.24, 2.45) is 0 Å². The van der Waals surface area contributed by atoms with E-state index in [9.17, 15) is 5.11 Å².